The van der Waals surface area contributed by atoms with Crippen LogP contribution < -0.4 is 14.8 Å². The molecule has 2 aliphatic heterocycles. The van der Waals surface area contributed by atoms with Gasteiger partial charge in [-0.2, -0.15) is 0 Å². The molecule has 3 aromatic rings. The van der Waals surface area contributed by atoms with E-state index in [9.17, 15) is 14.3 Å². The van der Waals surface area contributed by atoms with E-state index in [-0.39, 0.29) is 37.3 Å². The highest BCUT2D eigenvalue weighted by Gasteiger charge is 2.32. The molecule has 34 heavy (non-hydrogen) atoms. The molecule has 1 amide bonds. The van der Waals surface area contributed by atoms with E-state index in [0.717, 1.165) is 6.42 Å². The maximum atomic E-state index is 14.0. The van der Waals surface area contributed by atoms with Gasteiger partial charge in [0.1, 0.15) is 17.6 Å². The van der Waals surface area contributed by atoms with Crippen LogP contribution in [0.15, 0.2) is 48.7 Å². The Morgan fingerprint density at radius 1 is 1.18 bits per heavy atom. The van der Waals surface area contributed by atoms with Crippen molar-refractivity contribution in [3.63, 3.8) is 0 Å². The predicted octanol–water partition coefficient (Wildman–Crippen LogP) is 2.54. The first kappa shape index (κ1) is 22.3. The smallest absolute Gasteiger partial charge is 0.251 e. The van der Waals surface area contributed by atoms with Crippen molar-refractivity contribution >= 4 is 5.91 Å². The molecule has 1 fully saturated rings. The minimum atomic E-state index is -0.513. The lowest BCUT2D eigenvalue weighted by molar-refractivity contribution is -0.0912. The quantitative estimate of drug-likeness (QED) is 0.549. The van der Waals surface area contributed by atoms with E-state index in [1.807, 2.05) is 0 Å². The fourth-order valence-corrected chi connectivity index (χ4v) is 4.27. The first-order valence-corrected chi connectivity index (χ1v) is 11.2. The number of aryl methyl sites for hydroxylation is 1. The third kappa shape index (κ3) is 4.73. The number of nitrogens with one attached hydrogen (secondary N) is 1. The standard InChI is InChI=1S/C24H25FN4O5/c25-18-4-2-1-3-17(18)20-12-29(28-27-20)10-9-16-6-7-19(23(13-30)34-16)26-24(31)15-5-8-21-22(11-15)33-14-32-21/h1-5,8,11-12,16,19,23,30H,6-7,9-10,13-14H2,(H,26,31)/t16-,19+,23+/m1/s1. The van der Waals surface area contributed by atoms with Crippen LogP contribution in [-0.4, -0.2) is 57.7 Å². The Hall–Kier alpha value is -3.50. The first-order chi connectivity index (χ1) is 16.6. The molecule has 10 heteroatoms. The van der Waals surface area contributed by atoms with Crippen LogP contribution in [0, 0.1) is 5.82 Å². The molecule has 9 nitrogen and oxygen atoms in total. The van der Waals surface area contributed by atoms with Gasteiger partial charge in [-0.3, -0.25) is 9.48 Å². The van der Waals surface area contributed by atoms with Gasteiger partial charge in [0.05, 0.1) is 24.9 Å². The average molecular weight is 468 g/mol. The van der Waals surface area contributed by atoms with Crippen LogP contribution in [0.3, 0.4) is 0 Å². The van der Waals surface area contributed by atoms with Crippen LogP contribution in [0.5, 0.6) is 11.5 Å². The zero-order chi connectivity index (χ0) is 23.5. The van der Waals surface area contributed by atoms with Crippen molar-refractivity contribution in [3.8, 4) is 22.8 Å². The van der Waals surface area contributed by atoms with Crippen molar-refractivity contribution in [2.45, 2.75) is 44.1 Å². The Bertz CT molecular complexity index is 1170. The van der Waals surface area contributed by atoms with Gasteiger partial charge in [-0.05, 0) is 49.6 Å². The van der Waals surface area contributed by atoms with E-state index in [0.29, 0.717) is 47.7 Å². The second kappa shape index (κ2) is 9.78. The molecular weight excluding hydrogens is 443 g/mol. The fourth-order valence-electron chi connectivity index (χ4n) is 4.27. The zero-order valence-corrected chi connectivity index (χ0v) is 18.4. The summed E-state index contributed by atoms with van der Waals surface area (Å²) in [7, 11) is 0. The number of hydrogen-bond donors (Lipinski definition) is 2. The molecule has 178 valence electrons. The van der Waals surface area contributed by atoms with E-state index in [4.69, 9.17) is 14.2 Å². The number of fused-ring (bicyclic) bond motifs is 1. The fraction of sp³-hybridized carbons (Fsp3) is 0.375. The molecule has 0 aliphatic carbocycles. The largest absolute Gasteiger partial charge is 0.454 e. The van der Waals surface area contributed by atoms with E-state index in [1.165, 1.54) is 6.07 Å². The van der Waals surface area contributed by atoms with Gasteiger partial charge >= 0.3 is 0 Å². The maximum Gasteiger partial charge on any atom is 0.251 e. The van der Waals surface area contributed by atoms with Gasteiger partial charge in [-0.15, -0.1) is 5.10 Å². The molecule has 1 aromatic heterocycles. The number of rotatable bonds is 7. The molecule has 3 atom stereocenters. The lowest BCUT2D eigenvalue weighted by Gasteiger charge is -2.36. The van der Waals surface area contributed by atoms with Crippen LogP contribution in [0.4, 0.5) is 4.39 Å². The van der Waals surface area contributed by atoms with Gasteiger partial charge < -0.3 is 24.6 Å². The van der Waals surface area contributed by atoms with Crippen LogP contribution in [0.1, 0.15) is 29.6 Å². The number of carbonyl (C=O) groups is 1. The highest BCUT2D eigenvalue weighted by atomic mass is 19.1. The lowest BCUT2D eigenvalue weighted by Crippen LogP contribution is -2.51. The van der Waals surface area contributed by atoms with E-state index >= 15 is 0 Å². The van der Waals surface area contributed by atoms with Crippen LogP contribution in [0.25, 0.3) is 11.3 Å². The summed E-state index contributed by atoms with van der Waals surface area (Å²) in [6.07, 6.45) is 3.14. The number of nitrogens with zero attached hydrogens (tertiary/aromatic N) is 3. The van der Waals surface area contributed by atoms with Gasteiger partial charge in [0.25, 0.3) is 5.91 Å². The number of ether oxygens (including phenoxy) is 3. The number of aromatic nitrogens is 3. The summed E-state index contributed by atoms with van der Waals surface area (Å²) in [6.45, 7) is 0.478. The molecule has 5 rings (SSSR count). The van der Waals surface area contributed by atoms with Gasteiger partial charge in [-0.1, -0.05) is 17.3 Å². The SMILES string of the molecule is O=C(N[C@H]1CC[C@H](CCn2cc(-c3ccccc3F)nn2)O[C@H]1CO)c1ccc2c(c1)OCO2. The number of amides is 1. The Morgan fingerprint density at radius 2 is 2.03 bits per heavy atom. The van der Waals surface area contributed by atoms with Crippen molar-refractivity contribution in [2.75, 3.05) is 13.4 Å². The Balaban J connectivity index is 1.15. The van der Waals surface area contributed by atoms with Gasteiger partial charge in [0, 0.05) is 17.7 Å². The zero-order valence-electron chi connectivity index (χ0n) is 18.4. The van der Waals surface area contributed by atoms with Gasteiger partial charge in [0.15, 0.2) is 11.5 Å². The molecule has 0 radical (unpaired) electrons. The van der Waals surface area contributed by atoms with Crippen molar-refractivity contribution in [2.24, 2.45) is 0 Å². The van der Waals surface area contributed by atoms with Crippen molar-refractivity contribution in [1.82, 2.24) is 20.3 Å². The number of hydrogen-bond acceptors (Lipinski definition) is 7. The Morgan fingerprint density at radius 3 is 2.88 bits per heavy atom. The van der Waals surface area contributed by atoms with E-state index in [2.05, 4.69) is 15.6 Å². The maximum absolute atomic E-state index is 14.0. The summed E-state index contributed by atoms with van der Waals surface area (Å²) in [5, 5.41) is 21.0. The topological polar surface area (TPSA) is 108 Å². The molecule has 2 aromatic carbocycles. The number of benzene rings is 2. The molecule has 0 saturated carbocycles. The van der Waals surface area contributed by atoms with Crippen LogP contribution >= 0.6 is 0 Å². The molecule has 0 bridgehead atoms. The van der Waals surface area contributed by atoms with Crippen molar-refractivity contribution < 1.29 is 28.5 Å². The summed E-state index contributed by atoms with van der Waals surface area (Å²) in [5.74, 6) is 0.552. The number of aliphatic hydroxyl groups is 1. The Labute approximate surface area is 195 Å². The van der Waals surface area contributed by atoms with Crippen LogP contribution in [-0.2, 0) is 11.3 Å². The molecule has 2 N–H and O–H groups in total. The normalized spacial score (nSPS) is 21.4. The predicted molar refractivity (Wildman–Crippen MR) is 119 cm³/mol. The lowest BCUT2D eigenvalue weighted by atomic mass is 9.96. The third-order valence-corrected chi connectivity index (χ3v) is 6.12. The summed E-state index contributed by atoms with van der Waals surface area (Å²) in [6, 6.07) is 11.2. The summed E-state index contributed by atoms with van der Waals surface area (Å²) in [5.41, 5.74) is 1.34. The summed E-state index contributed by atoms with van der Waals surface area (Å²) < 4.78 is 32.3. The number of halogens is 1. The van der Waals surface area contributed by atoms with E-state index in [1.54, 1.807) is 47.3 Å². The highest BCUT2D eigenvalue weighted by molar-refractivity contribution is 5.95. The second-order valence-electron chi connectivity index (χ2n) is 8.34. The molecular formula is C24H25FN4O5. The third-order valence-electron chi connectivity index (χ3n) is 6.12. The van der Waals surface area contributed by atoms with E-state index < -0.39 is 6.10 Å². The molecule has 0 spiro atoms. The van der Waals surface area contributed by atoms with Crippen LogP contribution in [0.2, 0.25) is 0 Å². The minimum absolute atomic E-state index is 0.100. The van der Waals surface area contributed by atoms with Crippen molar-refractivity contribution in [1.29, 1.82) is 0 Å². The summed E-state index contributed by atoms with van der Waals surface area (Å²) in [4.78, 5) is 12.7. The van der Waals surface area contributed by atoms with Crippen molar-refractivity contribution in [3.05, 3.63) is 60.0 Å². The Kier molecular flexibility index (Phi) is 6.41. The average Bonchev–Trinajstić information content (AvgIpc) is 3.52. The molecule has 3 heterocycles. The van der Waals surface area contributed by atoms with Gasteiger partial charge in [-0.25, -0.2) is 4.39 Å². The first-order valence-electron chi connectivity index (χ1n) is 11.2. The highest BCUT2D eigenvalue weighted by Crippen LogP contribution is 2.32. The molecule has 2 aliphatic rings. The number of aliphatic hydroxyl groups excluding tert-OH is 1. The molecule has 1 saturated heterocycles. The summed E-state index contributed by atoms with van der Waals surface area (Å²) >= 11 is 0. The minimum Gasteiger partial charge on any atom is -0.454 e. The second-order valence-corrected chi connectivity index (χ2v) is 8.34. The molecule has 0 unspecified atom stereocenters. The van der Waals surface area contributed by atoms with Gasteiger partial charge in [0.2, 0.25) is 6.79 Å². The number of carbonyl (C=O) groups excluding carboxylic acids is 1. The monoisotopic (exact) mass is 468 g/mol.